The maximum absolute atomic E-state index is 13.4. The van der Waals surface area contributed by atoms with Gasteiger partial charge in [0, 0.05) is 16.7 Å². The summed E-state index contributed by atoms with van der Waals surface area (Å²) >= 11 is 2.14. The molecule has 0 radical (unpaired) electrons. The normalized spacial score (nSPS) is 18.3. The molecule has 3 atom stereocenters. The molecule has 48 heavy (non-hydrogen) atoms. The highest BCUT2D eigenvalue weighted by atomic mass is 32.2. The molecular formula is C28H27N9O9S2. The van der Waals surface area contributed by atoms with E-state index in [9.17, 15) is 39.6 Å². The van der Waals surface area contributed by atoms with E-state index in [1.54, 1.807) is 17.6 Å². The first kappa shape index (κ1) is 33.5. The molecule has 1 aromatic carbocycles. The van der Waals surface area contributed by atoms with Crippen LogP contribution in [0.25, 0.3) is 0 Å². The van der Waals surface area contributed by atoms with Crippen LogP contribution in [0.4, 0.5) is 16.8 Å². The molecule has 2 amide bonds. The van der Waals surface area contributed by atoms with Gasteiger partial charge in [-0.05, 0) is 24.6 Å². The molecule has 4 heterocycles. The van der Waals surface area contributed by atoms with E-state index in [-0.39, 0.29) is 40.2 Å². The fourth-order valence-corrected chi connectivity index (χ4v) is 6.59. The summed E-state index contributed by atoms with van der Waals surface area (Å²) in [4.78, 5) is 65.1. The number of nitrogens with two attached hydrogens (primary N) is 3. The Bertz CT molecular complexity index is 1930. The second kappa shape index (κ2) is 13.5. The number of carboxylic acid groups (broad SMARTS) is 2. The van der Waals surface area contributed by atoms with Crippen LogP contribution in [0, 0.1) is 6.92 Å². The summed E-state index contributed by atoms with van der Waals surface area (Å²) in [5, 5.41) is 48.0. The molecule has 1 saturated heterocycles. The third kappa shape index (κ3) is 6.51. The Morgan fingerprint density at radius 3 is 2.67 bits per heavy atom. The van der Waals surface area contributed by atoms with E-state index in [0.29, 0.717) is 17.0 Å². The second-order valence-corrected chi connectivity index (χ2v) is 12.3. The number of allylic oxidation sites excluding steroid dienone is 2. The summed E-state index contributed by atoms with van der Waals surface area (Å²) in [6, 6.07) is 1.96. The molecule has 5 rings (SSSR count). The quantitative estimate of drug-likeness (QED) is 0.0394. The van der Waals surface area contributed by atoms with Crippen LogP contribution in [0.2, 0.25) is 0 Å². The Labute approximate surface area is 278 Å². The summed E-state index contributed by atoms with van der Waals surface area (Å²) in [5.74, 6) is -5.19. The van der Waals surface area contributed by atoms with Gasteiger partial charge < -0.3 is 52.6 Å². The zero-order chi connectivity index (χ0) is 34.9. The van der Waals surface area contributed by atoms with Gasteiger partial charge in [0.05, 0.1) is 23.8 Å². The summed E-state index contributed by atoms with van der Waals surface area (Å²) in [6.45, 7) is 1.94. The van der Waals surface area contributed by atoms with Gasteiger partial charge in [0.1, 0.15) is 17.1 Å². The molecule has 250 valence electrons. The van der Waals surface area contributed by atoms with Gasteiger partial charge in [-0.25, -0.2) is 14.3 Å². The second-order valence-electron chi connectivity index (χ2n) is 10.3. The van der Waals surface area contributed by atoms with Crippen LogP contribution in [-0.4, -0.2) is 76.8 Å². The number of phenols is 2. The number of hydrogen-bond acceptors (Lipinski definition) is 16. The smallest absolute Gasteiger partial charge is 0.352 e. The first-order valence-corrected chi connectivity index (χ1v) is 15.7. The lowest BCUT2D eigenvalue weighted by Crippen LogP contribution is -2.71. The van der Waals surface area contributed by atoms with Crippen LogP contribution < -0.4 is 32.2 Å². The number of fused-ring (bicyclic) bond motifs is 1. The van der Waals surface area contributed by atoms with Crippen molar-refractivity contribution in [1.82, 2.24) is 20.2 Å². The number of aromatic hydroxyl groups is 2. The minimum atomic E-state index is -1.83. The van der Waals surface area contributed by atoms with Gasteiger partial charge in [0.15, 0.2) is 22.3 Å². The highest BCUT2D eigenvalue weighted by Gasteiger charge is 2.53. The fraction of sp³-hybridized carbons (Fsp3) is 0.214. The molecule has 2 aliphatic heterocycles. The number of phenolic OH excluding ortho intramolecular Hbond substituents is 2. The van der Waals surface area contributed by atoms with Crippen molar-refractivity contribution in [2.75, 3.05) is 23.0 Å². The highest BCUT2D eigenvalue weighted by molar-refractivity contribution is 8.00. The Morgan fingerprint density at radius 1 is 1.27 bits per heavy atom. The number of carbonyl (C=O) groups excluding carboxylic acids is 3. The molecule has 10 N–H and O–H groups in total. The molecule has 0 spiro atoms. The maximum atomic E-state index is 13.4. The number of oxime groups is 1. The molecule has 20 heteroatoms. The van der Waals surface area contributed by atoms with Crippen molar-refractivity contribution in [1.29, 1.82) is 0 Å². The van der Waals surface area contributed by atoms with Crippen LogP contribution in [0.5, 0.6) is 11.5 Å². The Kier molecular flexibility index (Phi) is 9.38. The fourth-order valence-electron chi connectivity index (χ4n) is 4.72. The zero-order valence-corrected chi connectivity index (χ0v) is 26.4. The van der Waals surface area contributed by atoms with Crippen molar-refractivity contribution in [3.63, 3.8) is 0 Å². The maximum Gasteiger partial charge on any atom is 0.352 e. The van der Waals surface area contributed by atoms with Crippen molar-refractivity contribution in [3.05, 3.63) is 70.1 Å². The average molecular weight is 698 g/mol. The van der Waals surface area contributed by atoms with Gasteiger partial charge in [0.25, 0.3) is 11.8 Å². The summed E-state index contributed by atoms with van der Waals surface area (Å²) < 4.78 is 1.60. The van der Waals surface area contributed by atoms with Crippen molar-refractivity contribution in [3.8, 4) is 11.5 Å². The number of hydrogen-bond donors (Lipinski definition) is 7. The number of benzene rings is 1. The number of amides is 2. The predicted octanol–water partition coefficient (Wildman–Crippen LogP) is -1.50. The highest BCUT2D eigenvalue weighted by Crippen LogP contribution is 2.40. The number of nitrogen functional groups attached to an aromatic ring is 3. The van der Waals surface area contributed by atoms with E-state index in [1.807, 2.05) is 0 Å². The number of carboxylic acids is 2. The minimum Gasteiger partial charge on any atom is -0.543 e. The van der Waals surface area contributed by atoms with E-state index in [0.717, 1.165) is 28.4 Å². The molecule has 1 fully saturated rings. The minimum absolute atomic E-state index is 0.0469. The number of aromatic nitrogens is 3. The van der Waals surface area contributed by atoms with Gasteiger partial charge in [-0.1, -0.05) is 28.4 Å². The van der Waals surface area contributed by atoms with E-state index < -0.39 is 58.5 Å². The SMILES string of the molecule is Cc1c(N)nc[n+](C/C=C/C2=C(C(=O)[O-])N3C(=O)[C@@H](NC(=O)/C(=N\O[C@H](C(=O)O)c4ccc(O)c(O)c4)c4csc(N)n4)[C@H]3SC2)c1N. The number of rotatable bonds is 11. The number of nitrogens with one attached hydrogen (secondary N) is 1. The molecule has 0 aliphatic carbocycles. The lowest BCUT2D eigenvalue weighted by Gasteiger charge is -2.50. The van der Waals surface area contributed by atoms with Crippen molar-refractivity contribution >= 4 is 69.3 Å². The van der Waals surface area contributed by atoms with E-state index >= 15 is 0 Å². The Hall–Kier alpha value is -5.89. The Balaban J connectivity index is 1.35. The average Bonchev–Trinajstić information content (AvgIpc) is 3.48. The zero-order valence-electron chi connectivity index (χ0n) is 24.8. The lowest BCUT2D eigenvalue weighted by molar-refractivity contribution is -0.675. The largest absolute Gasteiger partial charge is 0.543 e. The first-order valence-electron chi connectivity index (χ1n) is 13.7. The molecule has 2 aliphatic rings. The van der Waals surface area contributed by atoms with Gasteiger partial charge in [-0.15, -0.1) is 23.1 Å². The number of β-lactam (4-membered cyclic amide) rings is 1. The van der Waals surface area contributed by atoms with E-state index in [4.69, 9.17) is 22.0 Å². The van der Waals surface area contributed by atoms with Crippen LogP contribution in [0.3, 0.4) is 0 Å². The van der Waals surface area contributed by atoms with Crippen molar-refractivity contribution < 1.29 is 49.0 Å². The van der Waals surface area contributed by atoms with Crippen LogP contribution in [-0.2, 0) is 30.6 Å². The van der Waals surface area contributed by atoms with Crippen molar-refractivity contribution in [2.45, 2.75) is 31.0 Å². The van der Waals surface area contributed by atoms with Crippen LogP contribution in [0.15, 0.2) is 58.5 Å². The number of aliphatic carboxylic acids is 2. The molecule has 18 nitrogen and oxygen atoms in total. The summed E-state index contributed by atoms with van der Waals surface area (Å²) in [5.41, 5.74) is 17.3. The first-order chi connectivity index (χ1) is 22.8. The van der Waals surface area contributed by atoms with Crippen LogP contribution in [0.1, 0.15) is 22.9 Å². The molecule has 2 aromatic heterocycles. The van der Waals surface area contributed by atoms with Gasteiger partial charge in [-0.2, -0.15) is 0 Å². The number of nitrogens with zero attached hydrogens (tertiary/aromatic N) is 5. The molecule has 0 bridgehead atoms. The van der Waals surface area contributed by atoms with E-state index in [2.05, 4.69) is 20.4 Å². The number of thiazole rings is 1. The molecular weight excluding hydrogens is 670 g/mol. The number of anilines is 3. The monoisotopic (exact) mass is 697 g/mol. The predicted molar refractivity (Wildman–Crippen MR) is 168 cm³/mol. The Morgan fingerprint density at radius 2 is 2.02 bits per heavy atom. The molecule has 0 unspecified atom stereocenters. The molecule has 0 saturated carbocycles. The topological polar surface area (TPSA) is 297 Å². The summed E-state index contributed by atoms with van der Waals surface area (Å²) in [7, 11) is 0. The molecule has 3 aromatic rings. The van der Waals surface area contributed by atoms with Gasteiger partial charge >= 0.3 is 5.97 Å². The number of thioether (sulfide) groups is 1. The van der Waals surface area contributed by atoms with Crippen molar-refractivity contribution in [2.24, 2.45) is 5.16 Å². The van der Waals surface area contributed by atoms with Gasteiger partial charge in [0.2, 0.25) is 24.1 Å². The van der Waals surface area contributed by atoms with E-state index in [1.165, 1.54) is 35.6 Å². The lowest BCUT2D eigenvalue weighted by atomic mass is 10.0. The third-order valence-electron chi connectivity index (χ3n) is 7.27. The third-order valence-corrected chi connectivity index (χ3v) is 9.24. The van der Waals surface area contributed by atoms with Gasteiger partial charge in [-0.3, -0.25) is 14.5 Å². The number of carbonyl (C=O) groups is 4. The standard InChI is InChI=1S/C28H27N9O9S2/c1-11-21(29)32-10-36(22(11)30)6-2-3-13-8-47-25-18(24(41)37(25)19(13)26(42)43)34-23(40)17(14-9-48-28(31)33-14)35-46-20(27(44)45)12-4-5-15(38)16(39)7-12/h2-5,7,9-10,18,20,25H,6,8H2,1H3,(H10,29,30,31,33,34,35,38,39,40,42,43,44,45)/b3-2+/t18-,20+,25-/m1/s1. The summed E-state index contributed by atoms with van der Waals surface area (Å²) in [6.07, 6.45) is 2.79. The van der Waals surface area contributed by atoms with Crippen LogP contribution >= 0.6 is 23.1 Å².